The van der Waals surface area contributed by atoms with Gasteiger partial charge in [-0.2, -0.15) is 0 Å². The van der Waals surface area contributed by atoms with E-state index in [1.54, 1.807) is 0 Å². The van der Waals surface area contributed by atoms with Crippen LogP contribution in [0, 0.1) is 5.82 Å². The first-order valence-electron chi connectivity index (χ1n) is 15.2. The molecule has 47 heavy (non-hydrogen) atoms. The second kappa shape index (κ2) is 16.1. The normalized spacial score (nSPS) is 12.4. The molecule has 0 saturated carbocycles. The predicted molar refractivity (Wildman–Crippen MR) is 179 cm³/mol. The van der Waals surface area contributed by atoms with E-state index in [4.69, 9.17) is 9.47 Å². The monoisotopic (exact) mass is 661 g/mol. The van der Waals surface area contributed by atoms with Gasteiger partial charge in [-0.3, -0.25) is 13.9 Å². The summed E-state index contributed by atoms with van der Waals surface area (Å²) in [7, 11) is -1.61. The van der Waals surface area contributed by atoms with Crippen LogP contribution < -0.4 is 19.1 Å². The lowest BCUT2D eigenvalue weighted by atomic mass is 10.0. The van der Waals surface area contributed by atoms with Gasteiger partial charge in [0.2, 0.25) is 11.8 Å². The lowest BCUT2D eigenvalue weighted by Crippen LogP contribution is -2.54. The quantitative estimate of drug-likeness (QED) is 0.178. The molecule has 2 atom stereocenters. The maximum absolute atomic E-state index is 14.5. The Labute approximate surface area is 276 Å². The predicted octanol–water partition coefficient (Wildman–Crippen LogP) is 5.59. The molecule has 0 aliphatic heterocycles. The zero-order valence-electron chi connectivity index (χ0n) is 26.9. The summed E-state index contributed by atoms with van der Waals surface area (Å²) in [6.45, 7) is 3.20. The second-order valence-corrected chi connectivity index (χ2v) is 12.9. The number of sulfonamides is 1. The van der Waals surface area contributed by atoms with E-state index in [1.807, 2.05) is 74.5 Å². The summed E-state index contributed by atoms with van der Waals surface area (Å²) in [5, 5.41) is 3.01. The lowest BCUT2D eigenvalue weighted by molar-refractivity contribution is -0.140. The number of methoxy groups -OCH3 is 2. The molecule has 1 N–H and O–H groups in total. The standard InChI is InChI=1S/C36H40FN3O6S/c1-5-26(2)38-36(42)32(22-27-12-8-6-9-13-27)39(24-28-14-10-7-11-15-28)35(41)25-40(30-18-16-29(37)17-19-30)47(43,44)31-20-21-33(45-3)34(23-31)46-4/h6-21,23,26,32H,5,22,24-25H2,1-4H3,(H,38,42). The third kappa shape index (κ3) is 8.88. The van der Waals surface area contributed by atoms with Crippen LogP contribution >= 0.6 is 0 Å². The number of halogens is 1. The van der Waals surface area contributed by atoms with E-state index in [-0.39, 0.29) is 41.2 Å². The number of nitrogens with one attached hydrogen (secondary N) is 1. The van der Waals surface area contributed by atoms with Crippen LogP contribution in [0.5, 0.6) is 11.5 Å². The van der Waals surface area contributed by atoms with Crippen molar-refractivity contribution in [3.8, 4) is 11.5 Å². The minimum absolute atomic E-state index is 0.0404. The molecule has 2 amide bonds. The SMILES string of the molecule is CCC(C)NC(=O)C(Cc1ccccc1)N(Cc1ccccc1)C(=O)CN(c1ccc(F)cc1)S(=O)(=O)c1ccc(OC)c(OC)c1. The first-order chi connectivity index (χ1) is 22.6. The fourth-order valence-corrected chi connectivity index (χ4v) is 6.45. The number of carbonyl (C=O) groups is 2. The molecule has 4 aromatic rings. The fraction of sp³-hybridized carbons (Fsp3) is 0.278. The Bertz CT molecular complexity index is 1740. The molecule has 11 heteroatoms. The zero-order valence-corrected chi connectivity index (χ0v) is 27.7. The van der Waals surface area contributed by atoms with Crippen molar-refractivity contribution in [1.82, 2.24) is 10.2 Å². The van der Waals surface area contributed by atoms with E-state index in [0.717, 1.165) is 27.6 Å². The number of anilines is 1. The van der Waals surface area contributed by atoms with Crippen LogP contribution in [-0.2, 0) is 32.6 Å². The van der Waals surface area contributed by atoms with Gasteiger partial charge in [-0.15, -0.1) is 0 Å². The van der Waals surface area contributed by atoms with Crippen LogP contribution in [0.2, 0.25) is 0 Å². The van der Waals surface area contributed by atoms with Gasteiger partial charge in [0.1, 0.15) is 18.4 Å². The van der Waals surface area contributed by atoms with Gasteiger partial charge in [-0.05, 0) is 60.9 Å². The third-order valence-corrected chi connectivity index (χ3v) is 9.57. The number of rotatable bonds is 15. The Morgan fingerprint density at radius 1 is 0.830 bits per heavy atom. The van der Waals surface area contributed by atoms with Crippen LogP contribution in [0.1, 0.15) is 31.4 Å². The summed E-state index contributed by atoms with van der Waals surface area (Å²) >= 11 is 0. The van der Waals surface area contributed by atoms with E-state index in [1.165, 1.54) is 49.5 Å². The molecule has 0 bridgehead atoms. The van der Waals surface area contributed by atoms with Crippen LogP contribution in [-0.4, -0.2) is 58.0 Å². The van der Waals surface area contributed by atoms with Crippen molar-refractivity contribution in [2.45, 2.75) is 50.2 Å². The molecule has 0 aliphatic carbocycles. The smallest absolute Gasteiger partial charge is 0.264 e. The number of hydrogen-bond donors (Lipinski definition) is 1. The maximum atomic E-state index is 14.5. The summed E-state index contributed by atoms with van der Waals surface area (Å²) in [5.74, 6) is -1.06. The van der Waals surface area contributed by atoms with Crippen molar-refractivity contribution in [3.63, 3.8) is 0 Å². The first-order valence-corrected chi connectivity index (χ1v) is 16.7. The minimum Gasteiger partial charge on any atom is -0.493 e. The summed E-state index contributed by atoms with van der Waals surface area (Å²) in [6.07, 6.45) is 0.874. The van der Waals surface area contributed by atoms with Gasteiger partial charge in [-0.25, -0.2) is 12.8 Å². The van der Waals surface area contributed by atoms with Crippen molar-refractivity contribution in [2.24, 2.45) is 0 Å². The summed E-state index contributed by atoms with van der Waals surface area (Å²) in [5.41, 5.74) is 1.65. The average molecular weight is 662 g/mol. The molecule has 9 nitrogen and oxygen atoms in total. The van der Waals surface area contributed by atoms with Crippen molar-refractivity contribution >= 4 is 27.5 Å². The molecule has 0 radical (unpaired) electrons. The van der Waals surface area contributed by atoms with Gasteiger partial charge in [0.15, 0.2) is 11.5 Å². The largest absolute Gasteiger partial charge is 0.493 e. The maximum Gasteiger partial charge on any atom is 0.264 e. The van der Waals surface area contributed by atoms with Gasteiger partial charge in [0, 0.05) is 25.1 Å². The molecule has 0 saturated heterocycles. The van der Waals surface area contributed by atoms with Crippen LogP contribution in [0.15, 0.2) is 108 Å². The second-order valence-electron chi connectivity index (χ2n) is 11.0. The van der Waals surface area contributed by atoms with Crippen LogP contribution in [0.25, 0.3) is 0 Å². The highest BCUT2D eigenvalue weighted by atomic mass is 32.2. The van der Waals surface area contributed by atoms with Gasteiger partial charge in [0.05, 0.1) is 24.8 Å². The first kappa shape index (κ1) is 35.0. The highest BCUT2D eigenvalue weighted by Crippen LogP contribution is 2.32. The van der Waals surface area contributed by atoms with E-state index < -0.39 is 34.3 Å². The van der Waals surface area contributed by atoms with Crippen LogP contribution in [0.4, 0.5) is 10.1 Å². The molecule has 0 aromatic heterocycles. The Hall–Kier alpha value is -4.90. The highest BCUT2D eigenvalue weighted by molar-refractivity contribution is 7.92. The molecule has 0 aliphatic rings. The van der Waals surface area contributed by atoms with Crippen molar-refractivity contribution < 1.29 is 31.9 Å². The van der Waals surface area contributed by atoms with Crippen molar-refractivity contribution in [3.05, 3.63) is 120 Å². The Morgan fingerprint density at radius 3 is 2.00 bits per heavy atom. The third-order valence-electron chi connectivity index (χ3n) is 7.80. The summed E-state index contributed by atoms with van der Waals surface area (Å²) < 4.78 is 54.1. The Kier molecular flexibility index (Phi) is 12.0. The molecule has 2 unspecified atom stereocenters. The van der Waals surface area contributed by atoms with Crippen molar-refractivity contribution in [1.29, 1.82) is 0 Å². The molecular formula is C36H40FN3O6S. The van der Waals surface area contributed by atoms with Gasteiger partial charge < -0.3 is 19.7 Å². The number of carbonyl (C=O) groups excluding carboxylic acids is 2. The molecular weight excluding hydrogens is 621 g/mol. The van der Waals surface area contributed by atoms with E-state index in [9.17, 15) is 22.4 Å². The molecule has 0 spiro atoms. The molecule has 0 fully saturated rings. The minimum atomic E-state index is -4.43. The van der Waals surface area contributed by atoms with Gasteiger partial charge in [-0.1, -0.05) is 67.6 Å². The fourth-order valence-electron chi connectivity index (χ4n) is 5.02. The Balaban J connectivity index is 1.81. The number of amides is 2. The zero-order chi connectivity index (χ0) is 34.0. The number of ether oxygens (including phenoxy) is 2. The summed E-state index contributed by atoms with van der Waals surface area (Å²) in [6, 6.07) is 26.3. The number of nitrogens with zero attached hydrogens (tertiary/aromatic N) is 2. The number of benzene rings is 4. The van der Waals surface area contributed by atoms with E-state index in [0.29, 0.717) is 12.2 Å². The molecule has 0 heterocycles. The lowest BCUT2D eigenvalue weighted by Gasteiger charge is -2.34. The molecule has 4 rings (SSSR count). The van der Waals surface area contributed by atoms with Crippen molar-refractivity contribution in [2.75, 3.05) is 25.1 Å². The highest BCUT2D eigenvalue weighted by Gasteiger charge is 2.35. The summed E-state index contributed by atoms with van der Waals surface area (Å²) in [4.78, 5) is 29.7. The Morgan fingerprint density at radius 2 is 1.43 bits per heavy atom. The molecule has 248 valence electrons. The average Bonchev–Trinajstić information content (AvgIpc) is 3.09. The van der Waals surface area contributed by atoms with Crippen LogP contribution in [0.3, 0.4) is 0 Å². The van der Waals surface area contributed by atoms with E-state index in [2.05, 4.69) is 5.32 Å². The molecule has 4 aromatic carbocycles. The van der Waals surface area contributed by atoms with Gasteiger partial charge >= 0.3 is 0 Å². The number of hydrogen-bond acceptors (Lipinski definition) is 6. The topological polar surface area (TPSA) is 105 Å². The van der Waals surface area contributed by atoms with E-state index >= 15 is 0 Å². The van der Waals surface area contributed by atoms with Gasteiger partial charge in [0.25, 0.3) is 10.0 Å².